The molecule has 2 aromatic carbocycles. The van der Waals surface area contributed by atoms with Crippen LogP contribution in [0.2, 0.25) is 0 Å². The minimum atomic E-state index is -0.823. The lowest BCUT2D eigenvalue weighted by Gasteiger charge is -2.34. The van der Waals surface area contributed by atoms with Crippen LogP contribution < -0.4 is 0 Å². The van der Waals surface area contributed by atoms with Crippen molar-refractivity contribution in [3.8, 4) is 34.1 Å². The Bertz CT molecular complexity index is 1690. The van der Waals surface area contributed by atoms with Gasteiger partial charge in [0.05, 0.1) is 0 Å². The Morgan fingerprint density at radius 2 is 1.84 bits per heavy atom. The van der Waals surface area contributed by atoms with Crippen LogP contribution in [0.1, 0.15) is 30.0 Å². The van der Waals surface area contributed by atoms with Gasteiger partial charge < -0.3 is 8.98 Å². The largest absolute Gasteiger partial charge is 0.432 e. The molecule has 4 heterocycles. The number of oxazole rings is 1. The molecule has 1 saturated carbocycles. The maximum Gasteiger partial charge on any atom is 0.246 e. The normalized spacial score (nSPS) is 16.3. The van der Waals surface area contributed by atoms with Crippen molar-refractivity contribution in [2.75, 3.05) is 13.1 Å². The number of hydrogen-bond acceptors (Lipinski definition) is 6. The number of benzene rings is 2. The van der Waals surface area contributed by atoms with E-state index in [0.717, 1.165) is 29.7 Å². The molecular formula is C28H23F3N6O. The van der Waals surface area contributed by atoms with Crippen molar-refractivity contribution in [2.24, 2.45) is 7.05 Å². The maximum absolute atomic E-state index is 15.0. The molecule has 38 heavy (non-hydrogen) atoms. The van der Waals surface area contributed by atoms with Gasteiger partial charge in [0, 0.05) is 43.9 Å². The highest BCUT2D eigenvalue weighted by Crippen LogP contribution is 2.42. The van der Waals surface area contributed by atoms with Gasteiger partial charge in [0.15, 0.2) is 17.2 Å². The average Bonchev–Trinajstić information content (AvgIpc) is 3.50. The van der Waals surface area contributed by atoms with Gasteiger partial charge in [-0.1, -0.05) is 6.07 Å². The summed E-state index contributed by atoms with van der Waals surface area (Å²) in [5.41, 5.74) is 4.66. The van der Waals surface area contributed by atoms with Crippen molar-refractivity contribution in [2.45, 2.75) is 31.5 Å². The lowest BCUT2D eigenvalue weighted by atomic mass is 9.97. The molecule has 0 unspecified atom stereocenters. The number of alkyl halides is 1. The Kier molecular flexibility index (Phi) is 5.33. The van der Waals surface area contributed by atoms with Crippen molar-refractivity contribution in [1.29, 1.82) is 0 Å². The molecule has 10 heteroatoms. The Hall–Kier alpha value is -4.05. The maximum atomic E-state index is 15.0. The number of rotatable bonds is 6. The molecule has 0 N–H and O–H groups in total. The van der Waals surface area contributed by atoms with Crippen LogP contribution >= 0.6 is 0 Å². The van der Waals surface area contributed by atoms with Gasteiger partial charge in [-0.3, -0.25) is 4.90 Å². The van der Waals surface area contributed by atoms with E-state index in [2.05, 4.69) is 15.2 Å². The van der Waals surface area contributed by atoms with Gasteiger partial charge in [0.25, 0.3) is 0 Å². The standard InChI is InChI=1S/C28H23F3N6O/c1-36-14-32-35-27(36)21-10-18(29)4-5-20(21)17-8-23(16-2-3-16)33-25(9-17)28-34-24-7-15(6-22(31)26(24)38-28)11-37-12-19(30)13-37/h4-10,14,16,19H,2-3,11-13H2,1H3. The predicted octanol–water partition coefficient (Wildman–Crippen LogP) is 5.66. The summed E-state index contributed by atoms with van der Waals surface area (Å²) >= 11 is 0. The van der Waals surface area contributed by atoms with E-state index in [-0.39, 0.29) is 17.3 Å². The summed E-state index contributed by atoms with van der Waals surface area (Å²) in [5, 5.41) is 8.13. The third kappa shape index (κ3) is 4.14. The quantitative estimate of drug-likeness (QED) is 0.290. The molecule has 2 aliphatic rings. The first kappa shape index (κ1) is 23.1. The zero-order valence-electron chi connectivity index (χ0n) is 20.5. The zero-order chi connectivity index (χ0) is 26.0. The molecule has 5 aromatic rings. The van der Waals surface area contributed by atoms with E-state index >= 15 is 0 Å². The van der Waals surface area contributed by atoms with Crippen LogP contribution in [-0.4, -0.2) is 48.9 Å². The summed E-state index contributed by atoms with van der Waals surface area (Å²) in [6.07, 6.45) is 2.79. The SMILES string of the molecule is Cn1cnnc1-c1cc(F)ccc1-c1cc(-c2nc3cc(CN4CC(F)C4)cc(F)c3o2)nc(C2CC2)c1. The number of aryl methyl sites for hydroxylation is 1. The van der Waals surface area contributed by atoms with Gasteiger partial charge in [0.2, 0.25) is 5.89 Å². The van der Waals surface area contributed by atoms with E-state index in [1.165, 1.54) is 18.2 Å². The van der Waals surface area contributed by atoms with Crippen molar-refractivity contribution < 1.29 is 17.6 Å². The Morgan fingerprint density at radius 1 is 1.00 bits per heavy atom. The molecule has 7 nitrogen and oxygen atoms in total. The molecule has 7 rings (SSSR count). The van der Waals surface area contributed by atoms with E-state index < -0.39 is 12.0 Å². The van der Waals surface area contributed by atoms with Crippen LogP contribution in [0.5, 0.6) is 0 Å². The summed E-state index contributed by atoms with van der Waals surface area (Å²) in [5.74, 6) is 0.152. The average molecular weight is 517 g/mol. The van der Waals surface area contributed by atoms with Crippen molar-refractivity contribution in [3.63, 3.8) is 0 Å². The summed E-state index contributed by atoms with van der Waals surface area (Å²) in [4.78, 5) is 11.3. The molecule has 0 bridgehead atoms. The topological polar surface area (TPSA) is 72.9 Å². The van der Waals surface area contributed by atoms with Crippen LogP contribution in [-0.2, 0) is 13.6 Å². The second kappa shape index (κ2) is 8.76. The summed E-state index contributed by atoms with van der Waals surface area (Å²) in [6, 6.07) is 11.6. The smallest absolute Gasteiger partial charge is 0.246 e. The number of halogens is 3. The van der Waals surface area contributed by atoms with E-state index in [1.807, 2.05) is 17.0 Å². The third-order valence-corrected chi connectivity index (χ3v) is 7.13. The number of aromatic nitrogens is 5. The first-order chi connectivity index (χ1) is 18.4. The van der Waals surface area contributed by atoms with Gasteiger partial charge in [-0.15, -0.1) is 10.2 Å². The highest BCUT2D eigenvalue weighted by Gasteiger charge is 2.28. The first-order valence-electron chi connectivity index (χ1n) is 12.5. The number of fused-ring (bicyclic) bond motifs is 1. The lowest BCUT2D eigenvalue weighted by Crippen LogP contribution is -2.47. The molecular weight excluding hydrogens is 493 g/mol. The third-order valence-electron chi connectivity index (χ3n) is 7.13. The van der Waals surface area contributed by atoms with Crippen LogP contribution in [0, 0.1) is 11.6 Å². The van der Waals surface area contributed by atoms with Gasteiger partial charge in [-0.2, -0.15) is 0 Å². The van der Waals surface area contributed by atoms with E-state index in [9.17, 15) is 13.2 Å². The van der Waals surface area contributed by atoms with Gasteiger partial charge in [-0.25, -0.2) is 23.1 Å². The fourth-order valence-corrected chi connectivity index (χ4v) is 5.03. The van der Waals surface area contributed by atoms with Crippen molar-refractivity contribution >= 4 is 11.1 Å². The molecule has 3 aromatic heterocycles. The van der Waals surface area contributed by atoms with E-state index in [1.54, 1.807) is 30.1 Å². The fourth-order valence-electron chi connectivity index (χ4n) is 5.03. The van der Waals surface area contributed by atoms with E-state index in [4.69, 9.17) is 9.40 Å². The van der Waals surface area contributed by atoms with Crippen LogP contribution in [0.15, 0.2) is 53.2 Å². The van der Waals surface area contributed by atoms with Crippen LogP contribution in [0.25, 0.3) is 45.2 Å². The van der Waals surface area contributed by atoms with Crippen LogP contribution in [0.3, 0.4) is 0 Å². The molecule has 1 aliphatic heterocycles. The van der Waals surface area contributed by atoms with Gasteiger partial charge in [0.1, 0.15) is 29.5 Å². The van der Waals surface area contributed by atoms with Crippen LogP contribution in [0.4, 0.5) is 13.2 Å². The van der Waals surface area contributed by atoms with E-state index in [0.29, 0.717) is 53.7 Å². The molecule has 0 spiro atoms. The second-order valence-electron chi connectivity index (χ2n) is 10.1. The van der Waals surface area contributed by atoms with Gasteiger partial charge in [-0.05, 0) is 65.9 Å². The summed E-state index contributed by atoms with van der Waals surface area (Å²) in [6.45, 7) is 1.15. The fraction of sp³-hybridized carbons (Fsp3) is 0.286. The molecule has 1 aliphatic carbocycles. The summed E-state index contributed by atoms with van der Waals surface area (Å²) in [7, 11) is 1.80. The van der Waals surface area contributed by atoms with Gasteiger partial charge >= 0.3 is 0 Å². The lowest BCUT2D eigenvalue weighted by molar-refractivity contribution is 0.0591. The number of hydrogen-bond donors (Lipinski definition) is 0. The molecule has 0 radical (unpaired) electrons. The summed E-state index contributed by atoms with van der Waals surface area (Å²) < 4.78 is 50.1. The Morgan fingerprint density at radius 3 is 2.58 bits per heavy atom. The molecule has 0 atom stereocenters. The zero-order valence-corrected chi connectivity index (χ0v) is 20.5. The second-order valence-corrected chi connectivity index (χ2v) is 10.1. The predicted molar refractivity (Wildman–Crippen MR) is 135 cm³/mol. The van der Waals surface area contributed by atoms with Crippen molar-refractivity contribution in [3.05, 3.63) is 71.7 Å². The highest BCUT2D eigenvalue weighted by molar-refractivity contribution is 5.83. The minimum Gasteiger partial charge on any atom is -0.432 e. The monoisotopic (exact) mass is 516 g/mol. The Labute approximate surface area is 216 Å². The molecule has 2 fully saturated rings. The van der Waals surface area contributed by atoms with Crippen molar-refractivity contribution in [1.82, 2.24) is 29.6 Å². The number of nitrogens with zero attached hydrogens (tertiary/aromatic N) is 6. The first-order valence-corrected chi connectivity index (χ1v) is 12.5. The Balaban J connectivity index is 1.32. The molecule has 1 saturated heterocycles. The minimum absolute atomic E-state index is 0.0532. The number of pyridine rings is 1. The number of likely N-dealkylation sites (tertiary alicyclic amines) is 1. The highest BCUT2D eigenvalue weighted by atomic mass is 19.1. The molecule has 0 amide bonds. The molecule has 192 valence electrons.